The molecule has 334 valence electrons. The average Bonchev–Trinajstić information content (AvgIpc) is 3.17. The van der Waals surface area contributed by atoms with Crippen molar-refractivity contribution < 1.29 is 24.2 Å². The van der Waals surface area contributed by atoms with Crippen LogP contribution in [0.2, 0.25) is 0 Å². The Morgan fingerprint density at radius 3 is 1.48 bits per heavy atom. The van der Waals surface area contributed by atoms with Crippen LogP contribution in [0.3, 0.4) is 0 Å². The molecule has 0 aliphatic heterocycles. The second kappa shape index (κ2) is 38.1. The van der Waals surface area contributed by atoms with Crippen LogP contribution in [0.15, 0.2) is 0 Å². The third kappa shape index (κ3) is 34.9. The number of nitrogens with zero attached hydrogens (tertiary/aromatic N) is 1. The van der Waals surface area contributed by atoms with E-state index >= 15 is 0 Å². The van der Waals surface area contributed by atoms with Crippen molar-refractivity contribution in [1.29, 1.82) is 0 Å². The fourth-order valence-electron chi connectivity index (χ4n) is 7.88. The van der Waals surface area contributed by atoms with Crippen molar-refractivity contribution in [2.45, 2.75) is 266 Å². The van der Waals surface area contributed by atoms with E-state index in [1.54, 1.807) is 0 Å². The Morgan fingerprint density at radius 2 is 0.946 bits per heavy atom. The lowest BCUT2D eigenvalue weighted by Gasteiger charge is -2.26. The highest BCUT2D eigenvalue weighted by Gasteiger charge is 2.28. The minimum absolute atomic E-state index is 0.0115. The molecular formula is C50H99NO5. The lowest BCUT2D eigenvalue weighted by atomic mass is 9.82. The van der Waals surface area contributed by atoms with Gasteiger partial charge in [0, 0.05) is 13.0 Å². The number of ether oxygens (including phenoxy) is 2. The Bertz CT molecular complexity index is 858. The molecule has 0 heterocycles. The van der Waals surface area contributed by atoms with E-state index < -0.39 is 5.41 Å². The summed E-state index contributed by atoms with van der Waals surface area (Å²) in [4.78, 5) is 28.4. The zero-order valence-electron chi connectivity index (χ0n) is 39.0. The maximum absolute atomic E-state index is 13.1. The largest absolute Gasteiger partial charge is 0.465 e. The minimum atomic E-state index is -0.408. The third-order valence-electron chi connectivity index (χ3n) is 12.1. The molecule has 0 rings (SSSR count). The lowest BCUT2D eigenvalue weighted by Crippen LogP contribution is -2.28. The van der Waals surface area contributed by atoms with E-state index in [4.69, 9.17) is 9.47 Å². The van der Waals surface area contributed by atoms with Crippen molar-refractivity contribution >= 4 is 11.9 Å². The predicted molar refractivity (Wildman–Crippen MR) is 241 cm³/mol. The molecular weight excluding hydrogens is 695 g/mol. The molecule has 0 saturated carbocycles. The fourth-order valence-corrected chi connectivity index (χ4v) is 7.88. The van der Waals surface area contributed by atoms with Crippen LogP contribution in [0.25, 0.3) is 0 Å². The normalized spacial score (nSPS) is 12.2. The molecule has 0 unspecified atom stereocenters. The number of esters is 2. The summed E-state index contributed by atoms with van der Waals surface area (Å²) in [6.45, 7) is 19.6. The van der Waals surface area contributed by atoms with Gasteiger partial charge >= 0.3 is 11.9 Å². The van der Waals surface area contributed by atoms with Crippen LogP contribution in [0.1, 0.15) is 260 Å². The highest BCUT2D eigenvalue weighted by molar-refractivity contribution is 5.75. The highest BCUT2D eigenvalue weighted by Crippen LogP contribution is 2.30. The van der Waals surface area contributed by atoms with Gasteiger partial charge in [-0.3, -0.25) is 9.59 Å². The summed E-state index contributed by atoms with van der Waals surface area (Å²) in [5.41, 5.74) is -0.280. The van der Waals surface area contributed by atoms with Gasteiger partial charge in [-0.1, -0.05) is 163 Å². The van der Waals surface area contributed by atoms with E-state index in [0.717, 1.165) is 90.3 Å². The minimum Gasteiger partial charge on any atom is -0.465 e. The van der Waals surface area contributed by atoms with Crippen molar-refractivity contribution in [3.63, 3.8) is 0 Å². The second-order valence-corrected chi connectivity index (χ2v) is 18.9. The van der Waals surface area contributed by atoms with Gasteiger partial charge in [0.25, 0.3) is 0 Å². The monoisotopic (exact) mass is 794 g/mol. The Balaban J connectivity index is 4.50. The van der Waals surface area contributed by atoms with Gasteiger partial charge in [-0.2, -0.15) is 0 Å². The van der Waals surface area contributed by atoms with E-state index in [0.29, 0.717) is 13.0 Å². The molecule has 0 aromatic heterocycles. The van der Waals surface area contributed by atoms with Gasteiger partial charge in [-0.05, 0) is 116 Å². The van der Waals surface area contributed by atoms with Crippen LogP contribution in [-0.2, 0) is 19.1 Å². The SMILES string of the molecule is CCCCCCCCCOC(=O)C(C)(C)CCCCCCN(CCCCO)CCCCC(C)(C)CCC(=O)OC(CCCCCCCC)CCCCCCCC. The first kappa shape index (κ1) is 54.9. The van der Waals surface area contributed by atoms with Gasteiger partial charge in [0.1, 0.15) is 6.10 Å². The fraction of sp³-hybridized carbons (Fsp3) is 0.960. The summed E-state index contributed by atoms with van der Waals surface area (Å²) >= 11 is 0. The summed E-state index contributed by atoms with van der Waals surface area (Å²) in [6.07, 6.45) is 38.3. The summed E-state index contributed by atoms with van der Waals surface area (Å²) in [5, 5.41) is 9.37. The van der Waals surface area contributed by atoms with E-state index in [2.05, 4.69) is 39.5 Å². The van der Waals surface area contributed by atoms with E-state index in [9.17, 15) is 14.7 Å². The first-order valence-corrected chi connectivity index (χ1v) is 24.7. The van der Waals surface area contributed by atoms with Gasteiger partial charge < -0.3 is 19.5 Å². The van der Waals surface area contributed by atoms with Crippen molar-refractivity contribution in [3.8, 4) is 0 Å². The number of rotatable bonds is 43. The lowest BCUT2D eigenvalue weighted by molar-refractivity contribution is -0.154. The number of aliphatic hydroxyl groups is 1. The summed E-state index contributed by atoms with van der Waals surface area (Å²) < 4.78 is 11.8. The molecule has 0 saturated heterocycles. The molecule has 0 aromatic rings. The molecule has 0 aliphatic rings. The number of carbonyl (C=O) groups is 2. The number of hydrogen-bond acceptors (Lipinski definition) is 6. The standard InChI is InChI=1S/C50H99NO5/c1-8-11-14-17-20-25-34-45-55-48(54)50(6,7)39-28-23-24-30-41-51(43-32-33-44-52)42-31-29-38-49(4,5)40-37-47(53)56-46(35-26-21-18-15-12-9-2)36-27-22-19-16-13-10-3/h46,52H,8-45H2,1-7H3. The molecule has 0 aromatic carbocycles. The number of aliphatic hydroxyl groups excluding tert-OH is 1. The average molecular weight is 794 g/mol. The quantitative estimate of drug-likeness (QED) is 0.0489. The van der Waals surface area contributed by atoms with Gasteiger partial charge in [0.05, 0.1) is 12.0 Å². The van der Waals surface area contributed by atoms with Crippen LogP contribution in [0, 0.1) is 10.8 Å². The van der Waals surface area contributed by atoms with Gasteiger partial charge in [0.15, 0.2) is 0 Å². The topological polar surface area (TPSA) is 76.1 Å². The number of carbonyl (C=O) groups excluding carboxylic acids is 2. The summed E-state index contributed by atoms with van der Waals surface area (Å²) in [5.74, 6) is -0.0229. The highest BCUT2D eigenvalue weighted by atomic mass is 16.5. The molecule has 6 heteroatoms. The van der Waals surface area contributed by atoms with Crippen LogP contribution < -0.4 is 0 Å². The predicted octanol–water partition coefficient (Wildman–Crippen LogP) is 14.7. The molecule has 56 heavy (non-hydrogen) atoms. The first-order chi connectivity index (χ1) is 27.0. The van der Waals surface area contributed by atoms with Crippen molar-refractivity contribution in [1.82, 2.24) is 4.90 Å². The van der Waals surface area contributed by atoms with Gasteiger partial charge in [0.2, 0.25) is 0 Å². The van der Waals surface area contributed by atoms with E-state index in [-0.39, 0.29) is 30.1 Å². The second-order valence-electron chi connectivity index (χ2n) is 18.9. The number of hydrogen-bond donors (Lipinski definition) is 1. The van der Waals surface area contributed by atoms with Crippen molar-refractivity contribution in [2.75, 3.05) is 32.8 Å². The summed E-state index contributed by atoms with van der Waals surface area (Å²) in [7, 11) is 0. The Labute approximate surface area is 350 Å². The van der Waals surface area contributed by atoms with Crippen LogP contribution in [0.4, 0.5) is 0 Å². The number of unbranched alkanes of at least 4 members (excludes halogenated alkanes) is 21. The first-order valence-electron chi connectivity index (χ1n) is 24.7. The van der Waals surface area contributed by atoms with E-state index in [1.807, 2.05) is 13.8 Å². The zero-order chi connectivity index (χ0) is 41.6. The molecule has 0 fully saturated rings. The maximum Gasteiger partial charge on any atom is 0.311 e. The molecule has 0 atom stereocenters. The Hall–Kier alpha value is -1.14. The molecule has 0 amide bonds. The maximum atomic E-state index is 13.1. The zero-order valence-corrected chi connectivity index (χ0v) is 39.0. The van der Waals surface area contributed by atoms with E-state index in [1.165, 1.54) is 135 Å². The molecule has 0 bridgehead atoms. The molecule has 0 radical (unpaired) electrons. The smallest absolute Gasteiger partial charge is 0.311 e. The van der Waals surface area contributed by atoms with Crippen molar-refractivity contribution in [3.05, 3.63) is 0 Å². The van der Waals surface area contributed by atoms with Gasteiger partial charge in [-0.25, -0.2) is 0 Å². The molecule has 0 spiro atoms. The van der Waals surface area contributed by atoms with Crippen LogP contribution in [0.5, 0.6) is 0 Å². The third-order valence-corrected chi connectivity index (χ3v) is 12.1. The van der Waals surface area contributed by atoms with Crippen LogP contribution >= 0.6 is 0 Å². The Morgan fingerprint density at radius 1 is 0.518 bits per heavy atom. The van der Waals surface area contributed by atoms with Crippen molar-refractivity contribution in [2.24, 2.45) is 10.8 Å². The van der Waals surface area contributed by atoms with Crippen LogP contribution in [-0.4, -0.2) is 60.9 Å². The molecule has 1 N–H and O–H groups in total. The molecule has 6 nitrogen and oxygen atoms in total. The summed E-state index contributed by atoms with van der Waals surface area (Å²) in [6, 6.07) is 0. The molecule has 0 aliphatic carbocycles. The van der Waals surface area contributed by atoms with Gasteiger partial charge in [-0.15, -0.1) is 0 Å². The Kier molecular flexibility index (Phi) is 37.3.